The number of rotatable bonds is 5. The van der Waals surface area contributed by atoms with Gasteiger partial charge in [0, 0.05) is 26.3 Å². The Morgan fingerprint density at radius 3 is 2.69 bits per heavy atom. The third-order valence-electron chi connectivity index (χ3n) is 6.02. The molecule has 0 bridgehead atoms. The highest BCUT2D eigenvalue weighted by Gasteiger charge is 2.29. The van der Waals surface area contributed by atoms with Crippen LogP contribution >= 0.6 is 0 Å². The number of nitrogens with zero attached hydrogens (tertiary/aromatic N) is 6. The first-order chi connectivity index (χ1) is 15.4. The summed E-state index contributed by atoms with van der Waals surface area (Å²) in [5.74, 6) is -0.208. The quantitative estimate of drug-likeness (QED) is 0.491. The Morgan fingerprint density at radius 1 is 1.19 bits per heavy atom. The molecule has 5 rings (SSSR count). The lowest BCUT2D eigenvalue weighted by Gasteiger charge is -2.16. The van der Waals surface area contributed by atoms with Gasteiger partial charge in [0.25, 0.3) is 0 Å². The summed E-state index contributed by atoms with van der Waals surface area (Å²) in [5.41, 5.74) is 1.95. The topological polar surface area (TPSA) is 118 Å². The van der Waals surface area contributed by atoms with E-state index in [2.05, 4.69) is 14.9 Å². The van der Waals surface area contributed by atoms with Crippen LogP contribution in [0.1, 0.15) is 28.8 Å². The zero-order valence-electron chi connectivity index (χ0n) is 17.4. The number of carboxylic acids is 1. The molecular formula is C22H22N6O4. The number of hydrogen-bond donors (Lipinski definition) is 2. The van der Waals surface area contributed by atoms with E-state index in [4.69, 9.17) is 0 Å². The predicted octanol–water partition coefficient (Wildman–Crippen LogP) is 1.77. The number of phenolic OH excluding ortho intramolecular Hbond substituents is 1. The third kappa shape index (κ3) is 3.25. The van der Waals surface area contributed by atoms with Crippen molar-refractivity contribution in [3.05, 3.63) is 70.8 Å². The smallest absolute Gasteiger partial charge is 0.354 e. The van der Waals surface area contributed by atoms with Gasteiger partial charge in [-0.2, -0.15) is 0 Å². The van der Waals surface area contributed by atoms with Gasteiger partial charge in [-0.15, -0.1) is 0 Å². The number of fused-ring (bicyclic) bond motifs is 1. The Hall–Kier alpha value is -3.92. The monoisotopic (exact) mass is 434 g/mol. The molecule has 4 aromatic rings. The van der Waals surface area contributed by atoms with Crippen LogP contribution in [0.4, 0.5) is 0 Å². The predicted molar refractivity (Wildman–Crippen MR) is 116 cm³/mol. The highest BCUT2D eigenvalue weighted by Crippen LogP contribution is 2.26. The first-order valence-corrected chi connectivity index (χ1v) is 10.3. The molecule has 1 aliphatic heterocycles. The summed E-state index contributed by atoms with van der Waals surface area (Å²) in [6.07, 6.45) is 3.81. The standard InChI is InChI=1S/C22H22N6O4/c1-25-18(21(30)31)11-24-19(25)13-26-10-8-15(12-26)28-20-17(3-2-9-23-20)27(22(28)32)14-4-6-16(29)7-5-14/h2-7,9,11,15,29H,8,10,12-13H2,1H3,(H,30,31)/t15-/m0/s1. The number of benzene rings is 1. The molecule has 1 atom stereocenters. The van der Waals surface area contributed by atoms with E-state index >= 15 is 0 Å². The van der Waals surface area contributed by atoms with Crippen molar-refractivity contribution >= 4 is 17.1 Å². The highest BCUT2D eigenvalue weighted by molar-refractivity contribution is 5.85. The number of phenols is 1. The number of imidazole rings is 2. The van der Waals surface area contributed by atoms with E-state index in [9.17, 15) is 19.8 Å². The van der Waals surface area contributed by atoms with Crippen LogP contribution in [0, 0.1) is 0 Å². The number of carboxylic acid groups (broad SMARTS) is 1. The highest BCUT2D eigenvalue weighted by atomic mass is 16.4. The van der Waals surface area contributed by atoms with Gasteiger partial charge in [-0.1, -0.05) is 0 Å². The van der Waals surface area contributed by atoms with Crippen molar-refractivity contribution in [1.29, 1.82) is 0 Å². The first kappa shape index (κ1) is 20.0. The van der Waals surface area contributed by atoms with Crippen LogP contribution in [-0.4, -0.2) is 57.8 Å². The molecule has 2 N–H and O–H groups in total. The summed E-state index contributed by atoms with van der Waals surface area (Å²) in [5, 5.41) is 18.9. The Morgan fingerprint density at radius 2 is 1.97 bits per heavy atom. The second kappa shape index (κ2) is 7.65. The molecule has 3 aromatic heterocycles. The fourth-order valence-corrected chi connectivity index (χ4v) is 4.39. The van der Waals surface area contributed by atoms with Crippen molar-refractivity contribution in [3.63, 3.8) is 0 Å². The number of likely N-dealkylation sites (tertiary alicyclic amines) is 1. The van der Waals surface area contributed by atoms with Crippen molar-refractivity contribution in [2.24, 2.45) is 7.05 Å². The molecule has 1 aromatic carbocycles. The second-order valence-corrected chi connectivity index (χ2v) is 7.95. The largest absolute Gasteiger partial charge is 0.508 e. The summed E-state index contributed by atoms with van der Waals surface area (Å²) in [4.78, 5) is 35.7. The van der Waals surface area contributed by atoms with E-state index in [0.717, 1.165) is 13.0 Å². The van der Waals surface area contributed by atoms with Gasteiger partial charge < -0.3 is 14.8 Å². The lowest BCUT2D eigenvalue weighted by Crippen LogP contribution is -2.29. The molecular weight excluding hydrogens is 412 g/mol. The van der Waals surface area contributed by atoms with Crippen molar-refractivity contribution in [2.75, 3.05) is 13.1 Å². The van der Waals surface area contributed by atoms with Gasteiger partial charge in [0.2, 0.25) is 0 Å². The van der Waals surface area contributed by atoms with E-state index in [-0.39, 0.29) is 23.2 Å². The van der Waals surface area contributed by atoms with Gasteiger partial charge >= 0.3 is 11.7 Å². The summed E-state index contributed by atoms with van der Waals surface area (Å²) in [6, 6.07) is 10.1. The van der Waals surface area contributed by atoms with Crippen LogP contribution in [0.15, 0.2) is 53.6 Å². The molecule has 10 heteroatoms. The summed E-state index contributed by atoms with van der Waals surface area (Å²) in [6.45, 7) is 1.88. The fraction of sp³-hybridized carbons (Fsp3) is 0.273. The van der Waals surface area contributed by atoms with Crippen LogP contribution in [0.3, 0.4) is 0 Å². The van der Waals surface area contributed by atoms with Crippen molar-refractivity contribution < 1.29 is 15.0 Å². The average Bonchev–Trinajstić information content (AvgIpc) is 3.45. The molecule has 0 aliphatic carbocycles. The van der Waals surface area contributed by atoms with Crippen LogP contribution < -0.4 is 5.69 Å². The molecule has 164 valence electrons. The van der Waals surface area contributed by atoms with E-state index in [1.165, 1.54) is 6.20 Å². The third-order valence-corrected chi connectivity index (χ3v) is 6.02. The van der Waals surface area contributed by atoms with Crippen molar-refractivity contribution in [3.8, 4) is 11.4 Å². The minimum atomic E-state index is -1.01. The van der Waals surface area contributed by atoms with Gasteiger partial charge in [-0.05, 0) is 42.8 Å². The van der Waals surface area contributed by atoms with E-state index in [0.29, 0.717) is 35.8 Å². The van der Waals surface area contributed by atoms with Gasteiger partial charge in [0.15, 0.2) is 5.65 Å². The molecule has 10 nitrogen and oxygen atoms in total. The van der Waals surface area contributed by atoms with Crippen molar-refractivity contribution in [2.45, 2.75) is 19.0 Å². The van der Waals surface area contributed by atoms with Crippen LogP contribution in [0.5, 0.6) is 5.75 Å². The Balaban J connectivity index is 1.47. The van der Waals surface area contributed by atoms with Crippen LogP contribution in [-0.2, 0) is 13.6 Å². The first-order valence-electron chi connectivity index (χ1n) is 10.3. The molecule has 4 heterocycles. The maximum atomic E-state index is 13.5. The number of aromatic nitrogens is 5. The number of hydrogen-bond acceptors (Lipinski definition) is 6. The summed E-state index contributed by atoms with van der Waals surface area (Å²) >= 11 is 0. The summed E-state index contributed by atoms with van der Waals surface area (Å²) < 4.78 is 4.94. The molecule has 32 heavy (non-hydrogen) atoms. The van der Waals surface area contributed by atoms with E-state index < -0.39 is 5.97 Å². The normalized spacial score (nSPS) is 16.7. The zero-order chi connectivity index (χ0) is 22.4. The van der Waals surface area contributed by atoms with E-state index in [1.807, 2.05) is 6.07 Å². The Kier molecular flexibility index (Phi) is 4.78. The van der Waals surface area contributed by atoms with Crippen LogP contribution in [0.25, 0.3) is 16.9 Å². The SMILES string of the molecule is Cn1c(C(=O)O)cnc1CN1CC[C@H](n2c(=O)n(-c3ccc(O)cc3)c3cccnc32)C1. The number of aromatic hydroxyl groups is 1. The Labute approximate surface area is 182 Å². The molecule has 1 aliphatic rings. The minimum Gasteiger partial charge on any atom is -0.508 e. The maximum absolute atomic E-state index is 13.5. The molecule has 0 amide bonds. The summed E-state index contributed by atoms with van der Waals surface area (Å²) in [7, 11) is 1.69. The average molecular weight is 434 g/mol. The maximum Gasteiger partial charge on any atom is 0.354 e. The van der Waals surface area contributed by atoms with Crippen molar-refractivity contribution in [1.82, 2.24) is 28.6 Å². The molecule has 1 saturated heterocycles. The minimum absolute atomic E-state index is 0.0718. The number of carbonyl (C=O) groups is 1. The lowest BCUT2D eigenvalue weighted by atomic mass is 10.2. The molecule has 1 fully saturated rings. The fourth-order valence-electron chi connectivity index (χ4n) is 4.39. The Bertz CT molecular complexity index is 1370. The van der Waals surface area contributed by atoms with Gasteiger partial charge in [0.1, 0.15) is 17.3 Å². The van der Waals surface area contributed by atoms with Crippen LogP contribution in [0.2, 0.25) is 0 Å². The number of pyridine rings is 1. The molecule has 0 saturated carbocycles. The molecule has 0 unspecified atom stereocenters. The zero-order valence-corrected chi connectivity index (χ0v) is 17.4. The van der Waals surface area contributed by atoms with Gasteiger partial charge in [-0.3, -0.25) is 14.0 Å². The van der Waals surface area contributed by atoms with Gasteiger partial charge in [-0.25, -0.2) is 19.6 Å². The molecule has 0 radical (unpaired) electrons. The number of aromatic carboxylic acids is 1. The van der Waals surface area contributed by atoms with Gasteiger partial charge in [0.05, 0.1) is 30.0 Å². The lowest BCUT2D eigenvalue weighted by molar-refractivity contribution is 0.0686. The second-order valence-electron chi connectivity index (χ2n) is 7.95. The van der Waals surface area contributed by atoms with E-state index in [1.54, 1.807) is 57.3 Å². The molecule has 0 spiro atoms.